The van der Waals surface area contributed by atoms with Gasteiger partial charge in [0, 0.05) is 17.0 Å². The second-order valence-electron chi connectivity index (χ2n) is 6.84. The third-order valence-electron chi connectivity index (χ3n) is 5.16. The summed E-state index contributed by atoms with van der Waals surface area (Å²) in [6, 6.07) is 11.7. The molecule has 1 fully saturated rings. The average Bonchev–Trinajstić information content (AvgIpc) is 3.31. The van der Waals surface area contributed by atoms with Crippen molar-refractivity contribution in [1.29, 1.82) is 0 Å². The Balaban J connectivity index is 1.77. The molecule has 0 saturated carbocycles. The van der Waals surface area contributed by atoms with Gasteiger partial charge < -0.3 is 4.90 Å². The lowest BCUT2D eigenvalue weighted by Crippen LogP contribution is -2.53. The van der Waals surface area contributed by atoms with Crippen molar-refractivity contribution < 1.29 is 4.79 Å². The third kappa shape index (κ3) is 2.76. The molecule has 0 spiro atoms. The van der Waals surface area contributed by atoms with Crippen LogP contribution < -0.4 is 0 Å². The van der Waals surface area contributed by atoms with Gasteiger partial charge in [-0.3, -0.25) is 4.79 Å². The fraction of sp³-hybridized carbons (Fsp3) is 0.421. The van der Waals surface area contributed by atoms with E-state index in [1.165, 1.54) is 11.3 Å². The van der Waals surface area contributed by atoms with E-state index >= 15 is 0 Å². The van der Waals surface area contributed by atoms with E-state index in [0.717, 1.165) is 40.1 Å². The molecule has 3 heterocycles. The minimum atomic E-state index is -0.937. The van der Waals surface area contributed by atoms with Crippen LogP contribution in [0.4, 0.5) is 0 Å². The maximum Gasteiger partial charge on any atom is 0.264 e. The Labute approximate surface area is 156 Å². The smallest absolute Gasteiger partial charge is 0.264 e. The first-order valence-electron chi connectivity index (χ1n) is 8.89. The van der Waals surface area contributed by atoms with E-state index in [0.29, 0.717) is 6.54 Å². The Bertz CT molecular complexity index is 876. The molecule has 0 aliphatic carbocycles. The van der Waals surface area contributed by atoms with Crippen molar-refractivity contribution in [2.45, 2.75) is 44.8 Å². The average molecular weight is 367 g/mol. The van der Waals surface area contributed by atoms with Gasteiger partial charge in [-0.1, -0.05) is 24.3 Å². The molecule has 6 nitrogen and oxygen atoms in total. The highest BCUT2D eigenvalue weighted by Gasteiger charge is 2.50. The number of thiophene rings is 1. The Morgan fingerprint density at radius 2 is 1.88 bits per heavy atom. The molecule has 0 bridgehead atoms. The molecule has 0 N–H and O–H groups in total. The van der Waals surface area contributed by atoms with Gasteiger partial charge in [0.05, 0.1) is 10.9 Å². The molecule has 0 radical (unpaired) electrons. The summed E-state index contributed by atoms with van der Waals surface area (Å²) in [5, 5.41) is 16.6. The molecular weight excluding hydrogens is 346 g/mol. The van der Waals surface area contributed by atoms with Crippen molar-refractivity contribution in [3.63, 3.8) is 0 Å². The minimum absolute atomic E-state index is 0.0538. The number of carbonyl (C=O) groups excluding carboxylic acids is 1. The summed E-state index contributed by atoms with van der Waals surface area (Å²) in [5.74, 6) is 0.0538. The first kappa shape index (κ1) is 17.0. The van der Waals surface area contributed by atoms with Crippen LogP contribution in [0.2, 0.25) is 0 Å². The molecule has 1 unspecified atom stereocenters. The first-order chi connectivity index (χ1) is 12.6. The van der Waals surface area contributed by atoms with E-state index in [-0.39, 0.29) is 11.9 Å². The Morgan fingerprint density at radius 3 is 2.58 bits per heavy atom. The quantitative estimate of drug-likeness (QED) is 0.748. The van der Waals surface area contributed by atoms with E-state index in [1.807, 2.05) is 55.1 Å². The van der Waals surface area contributed by atoms with Crippen molar-refractivity contribution in [3.8, 4) is 0 Å². The van der Waals surface area contributed by atoms with Crippen LogP contribution in [-0.2, 0) is 5.66 Å². The standard InChI is InChI=1S/C19H21N5OS/c1-13-7-3-4-8-15(13)19(20-22-23-21-19)17-9-5-6-12-24(17)18(25)16-11-10-14(2)26-16/h3-4,7-8,10-11,17H,5-6,9,12H2,1-2H3. The van der Waals surface area contributed by atoms with Gasteiger partial charge in [0.15, 0.2) is 0 Å². The van der Waals surface area contributed by atoms with Gasteiger partial charge in [-0.2, -0.15) is 0 Å². The highest BCUT2D eigenvalue weighted by molar-refractivity contribution is 7.13. The highest BCUT2D eigenvalue weighted by atomic mass is 32.1. The van der Waals surface area contributed by atoms with Crippen LogP contribution in [0.15, 0.2) is 57.1 Å². The lowest BCUT2D eigenvalue weighted by atomic mass is 9.84. The molecule has 26 heavy (non-hydrogen) atoms. The minimum Gasteiger partial charge on any atom is -0.330 e. The maximum absolute atomic E-state index is 13.2. The number of hydrogen-bond donors (Lipinski definition) is 0. The van der Waals surface area contributed by atoms with E-state index in [1.54, 1.807) is 0 Å². The number of rotatable bonds is 3. The number of aryl methyl sites for hydroxylation is 2. The summed E-state index contributed by atoms with van der Waals surface area (Å²) >= 11 is 1.53. The Morgan fingerprint density at radius 1 is 1.12 bits per heavy atom. The van der Waals surface area contributed by atoms with Gasteiger partial charge in [-0.15, -0.1) is 21.6 Å². The Kier molecular flexibility index (Phi) is 4.40. The number of carbonyl (C=O) groups is 1. The zero-order chi connectivity index (χ0) is 18.1. The molecule has 1 atom stereocenters. The number of likely N-dealkylation sites (tertiary alicyclic amines) is 1. The molecule has 1 amide bonds. The van der Waals surface area contributed by atoms with E-state index < -0.39 is 5.66 Å². The zero-order valence-corrected chi connectivity index (χ0v) is 15.7. The van der Waals surface area contributed by atoms with Crippen LogP contribution in [0, 0.1) is 13.8 Å². The fourth-order valence-electron chi connectivity index (χ4n) is 3.89. The van der Waals surface area contributed by atoms with Crippen LogP contribution >= 0.6 is 11.3 Å². The fourth-order valence-corrected chi connectivity index (χ4v) is 4.71. The molecule has 1 aromatic carbocycles. The predicted molar refractivity (Wildman–Crippen MR) is 100 cm³/mol. The molecule has 7 heteroatoms. The molecule has 2 aliphatic rings. The summed E-state index contributed by atoms with van der Waals surface area (Å²) in [6.07, 6.45) is 2.86. The van der Waals surface area contributed by atoms with Gasteiger partial charge in [0.25, 0.3) is 5.91 Å². The Hall–Kier alpha value is -2.41. The number of amides is 1. The van der Waals surface area contributed by atoms with Gasteiger partial charge in [-0.25, -0.2) is 0 Å². The van der Waals surface area contributed by atoms with Crippen molar-refractivity contribution in [2.24, 2.45) is 20.7 Å². The predicted octanol–water partition coefficient (Wildman–Crippen LogP) is 5.05. The largest absolute Gasteiger partial charge is 0.330 e. The number of benzene rings is 1. The van der Waals surface area contributed by atoms with Gasteiger partial charge in [0.1, 0.15) is 0 Å². The van der Waals surface area contributed by atoms with Crippen molar-refractivity contribution in [1.82, 2.24) is 4.90 Å². The molecular formula is C19H21N5OS. The lowest BCUT2D eigenvalue weighted by molar-refractivity contribution is 0.0470. The van der Waals surface area contributed by atoms with Crippen LogP contribution in [-0.4, -0.2) is 23.4 Å². The van der Waals surface area contributed by atoms with Gasteiger partial charge >= 0.3 is 0 Å². The molecule has 1 saturated heterocycles. The highest BCUT2D eigenvalue weighted by Crippen LogP contribution is 2.43. The van der Waals surface area contributed by atoms with E-state index in [2.05, 4.69) is 20.7 Å². The summed E-state index contributed by atoms with van der Waals surface area (Å²) in [6.45, 7) is 4.76. The summed E-state index contributed by atoms with van der Waals surface area (Å²) in [5.41, 5.74) is 1.11. The summed E-state index contributed by atoms with van der Waals surface area (Å²) in [4.78, 5) is 17.1. The second kappa shape index (κ2) is 6.72. The van der Waals surface area contributed by atoms with Crippen LogP contribution in [0.1, 0.15) is 44.9 Å². The normalized spacial score (nSPS) is 21.3. The second-order valence-corrected chi connectivity index (χ2v) is 8.13. The van der Waals surface area contributed by atoms with Crippen LogP contribution in [0.25, 0.3) is 0 Å². The van der Waals surface area contributed by atoms with E-state index in [9.17, 15) is 4.79 Å². The number of hydrogen-bond acceptors (Lipinski definition) is 6. The molecule has 2 aliphatic heterocycles. The monoisotopic (exact) mass is 367 g/mol. The molecule has 4 rings (SSSR count). The molecule has 134 valence electrons. The lowest BCUT2D eigenvalue weighted by Gasteiger charge is -2.42. The van der Waals surface area contributed by atoms with Crippen molar-refractivity contribution in [2.75, 3.05) is 6.54 Å². The van der Waals surface area contributed by atoms with Crippen molar-refractivity contribution >= 4 is 17.2 Å². The maximum atomic E-state index is 13.2. The van der Waals surface area contributed by atoms with E-state index in [4.69, 9.17) is 0 Å². The molecule has 2 aromatic rings. The van der Waals surface area contributed by atoms with Crippen molar-refractivity contribution in [3.05, 3.63) is 57.3 Å². The zero-order valence-electron chi connectivity index (χ0n) is 14.9. The number of nitrogens with zero attached hydrogens (tertiary/aromatic N) is 5. The summed E-state index contributed by atoms with van der Waals surface area (Å²) in [7, 11) is 0. The van der Waals surface area contributed by atoms with Gasteiger partial charge in [-0.05, 0) is 61.3 Å². The number of piperidine rings is 1. The first-order valence-corrected chi connectivity index (χ1v) is 9.71. The third-order valence-corrected chi connectivity index (χ3v) is 6.14. The van der Waals surface area contributed by atoms with Gasteiger partial charge in [0.2, 0.25) is 5.66 Å². The van der Waals surface area contributed by atoms with Crippen LogP contribution in [0.5, 0.6) is 0 Å². The van der Waals surface area contributed by atoms with Crippen LogP contribution in [0.3, 0.4) is 0 Å². The topological polar surface area (TPSA) is 69.8 Å². The summed E-state index contributed by atoms with van der Waals surface area (Å²) < 4.78 is 0. The SMILES string of the molecule is Cc1ccc(C(=O)N2CCCCC2C2(c3ccccc3C)N=NN=N2)s1. The molecule has 1 aromatic heterocycles.